The third-order valence-corrected chi connectivity index (χ3v) is 4.15. The Morgan fingerprint density at radius 2 is 2.11 bits per heavy atom. The average molecular weight is 316 g/mol. The first-order chi connectivity index (χ1) is 8.60. The molecule has 1 aliphatic heterocycles. The number of methoxy groups -OCH3 is 1. The van der Waals surface area contributed by atoms with Gasteiger partial charge in [-0.3, -0.25) is 4.79 Å². The molecule has 1 saturated heterocycles. The Balaban J connectivity index is 2.45. The third kappa shape index (κ3) is 2.29. The molecule has 0 aromatic heterocycles. The van der Waals surface area contributed by atoms with Gasteiger partial charge in [0.1, 0.15) is 5.82 Å². The molecule has 5 heteroatoms. The molecule has 0 unspecified atom stereocenters. The Hall–Kier alpha value is -0.940. The minimum Gasteiger partial charge on any atom is -0.468 e. The van der Waals surface area contributed by atoms with Crippen molar-refractivity contribution in [3.8, 4) is 0 Å². The van der Waals surface area contributed by atoms with Crippen LogP contribution in [0.5, 0.6) is 0 Å². The van der Waals surface area contributed by atoms with Crippen molar-refractivity contribution in [2.75, 3.05) is 20.2 Å². The van der Waals surface area contributed by atoms with Gasteiger partial charge < -0.3 is 10.1 Å². The van der Waals surface area contributed by atoms with E-state index >= 15 is 0 Å². The van der Waals surface area contributed by atoms with E-state index in [0.717, 1.165) is 13.1 Å². The number of benzene rings is 1. The monoisotopic (exact) mass is 315 g/mol. The van der Waals surface area contributed by atoms with Crippen LogP contribution in [0.1, 0.15) is 18.4 Å². The predicted molar refractivity (Wildman–Crippen MR) is 69.9 cm³/mol. The number of carbonyl (C=O) groups excluding carboxylic acids is 1. The van der Waals surface area contributed by atoms with Crippen LogP contribution in [0.25, 0.3) is 0 Å². The molecule has 1 aromatic carbocycles. The zero-order valence-electron chi connectivity index (χ0n) is 10.1. The summed E-state index contributed by atoms with van der Waals surface area (Å²) < 4.78 is 19.0. The Kier molecular flexibility index (Phi) is 4.02. The molecule has 0 atom stereocenters. The average Bonchev–Trinajstić information content (AvgIpc) is 2.41. The van der Waals surface area contributed by atoms with Crippen LogP contribution < -0.4 is 5.32 Å². The fraction of sp³-hybridized carbons (Fsp3) is 0.462. The maximum atomic E-state index is 13.7. The molecule has 1 N–H and O–H groups in total. The summed E-state index contributed by atoms with van der Waals surface area (Å²) in [6.07, 6.45) is 1.25. The van der Waals surface area contributed by atoms with E-state index in [1.54, 1.807) is 12.1 Å². The quantitative estimate of drug-likeness (QED) is 0.852. The molecule has 98 valence electrons. The Labute approximate surface area is 114 Å². The zero-order chi connectivity index (χ0) is 13.2. The van der Waals surface area contributed by atoms with Crippen LogP contribution in [0.15, 0.2) is 22.7 Å². The van der Waals surface area contributed by atoms with Crippen molar-refractivity contribution in [1.82, 2.24) is 5.32 Å². The second-order valence-corrected chi connectivity index (χ2v) is 5.31. The molecule has 0 amide bonds. The smallest absolute Gasteiger partial charge is 0.316 e. The molecular weight excluding hydrogens is 301 g/mol. The van der Waals surface area contributed by atoms with Gasteiger partial charge in [0, 0.05) is 0 Å². The van der Waals surface area contributed by atoms with Gasteiger partial charge in [0.2, 0.25) is 0 Å². The number of hydrogen-bond donors (Lipinski definition) is 1. The van der Waals surface area contributed by atoms with Crippen LogP contribution in [0.3, 0.4) is 0 Å². The van der Waals surface area contributed by atoms with E-state index in [1.165, 1.54) is 13.2 Å². The van der Waals surface area contributed by atoms with Gasteiger partial charge in [-0.1, -0.05) is 6.07 Å². The van der Waals surface area contributed by atoms with Crippen molar-refractivity contribution in [2.24, 2.45) is 0 Å². The Morgan fingerprint density at radius 3 is 2.67 bits per heavy atom. The highest BCUT2D eigenvalue weighted by atomic mass is 79.9. The van der Waals surface area contributed by atoms with E-state index in [0.29, 0.717) is 22.9 Å². The molecule has 1 aromatic rings. The van der Waals surface area contributed by atoms with Gasteiger partial charge >= 0.3 is 5.97 Å². The summed E-state index contributed by atoms with van der Waals surface area (Å²) in [7, 11) is 1.38. The fourth-order valence-electron chi connectivity index (χ4n) is 2.45. The molecule has 1 aliphatic rings. The van der Waals surface area contributed by atoms with Crippen molar-refractivity contribution in [3.63, 3.8) is 0 Å². The van der Waals surface area contributed by atoms with E-state index in [4.69, 9.17) is 4.74 Å². The zero-order valence-corrected chi connectivity index (χ0v) is 11.7. The van der Waals surface area contributed by atoms with Crippen LogP contribution in [0.2, 0.25) is 0 Å². The molecule has 3 nitrogen and oxygen atoms in total. The summed E-state index contributed by atoms with van der Waals surface area (Å²) in [5.41, 5.74) is -0.0294. The fourth-order valence-corrected chi connectivity index (χ4v) is 2.70. The minimum absolute atomic E-state index is 0.286. The van der Waals surface area contributed by atoms with Crippen molar-refractivity contribution in [1.29, 1.82) is 0 Å². The van der Waals surface area contributed by atoms with Crippen molar-refractivity contribution >= 4 is 21.9 Å². The summed E-state index contributed by atoms with van der Waals surface area (Å²) in [4.78, 5) is 12.1. The molecule has 18 heavy (non-hydrogen) atoms. The van der Waals surface area contributed by atoms with Gasteiger partial charge in [-0.2, -0.15) is 0 Å². The van der Waals surface area contributed by atoms with Gasteiger partial charge in [0.25, 0.3) is 0 Å². The minimum atomic E-state index is -0.721. The van der Waals surface area contributed by atoms with E-state index in [1.807, 2.05) is 0 Å². The molecule has 0 spiro atoms. The highest BCUT2D eigenvalue weighted by Crippen LogP contribution is 2.36. The van der Waals surface area contributed by atoms with Crippen molar-refractivity contribution in [3.05, 3.63) is 34.1 Å². The summed E-state index contributed by atoms with van der Waals surface area (Å²) in [6.45, 7) is 1.46. The standard InChI is InChI=1S/C13H15BrFNO2/c1-18-12(17)13(4-6-16-7-5-13)9-2-3-10(14)11(15)8-9/h2-3,8,16H,4-7H2,1H3. The summed E-state index contributed by atoms with van der Waals surface area (Å²) >= 11 is 3.12. The molecule has 0 aliphatic carbocycles. The highest BCUT2D eigenvalue weighted by molar-refractivity contribution is 9.10. The Morgan fingerprint density at radius 1 is 1.44 bits per heavy atom. The maximum absolute atomic E-state index is 13.7. The normalized spacial score (nSPS) is 18.4. The van der Waals surface area contributed by atoms with Gasteiger partial charge in [0.05, 0.1) is 17.0 Å². The van der Waals surface area contributed by atoms with Gasteiger partial charge in [-0.25, -0.2) is 4.39 Å². The number of rotatable bonds is 2. The van der Waals surface area contributed by atoms with E-state index in [2.05, 4.69) is 21.2 Å². The number of esters is 1. The lowest BCUT2D eigenvalue weighted by atomic mass is 9.73. The summed E-state index contributed by atoms with van der Waals surface area (Å²) in [5, 5.41) is 3.20. The SMILES string of the molecule is COC(=O)C1(c2ccc(Br)c(F)c2)CCNCC1. The molecule has 0 saturated carbocycles. The lowest BCUT2D eigenvalue weighted by Crippen LogP contribution is -2.46. The van der Waals surface area contributed by atoms with Crippen LogP contribution in [0.4, 0.5) is 4.39 Å². The third-order valence-electron chi connectivity index (χ3n) is 3.51. The number of halogens is 2. The first-order valence-electron chi connectivity index (χ1n) is 5.85. The van der Waals surface area contributed by atoms with Crippen LogP contribution in [-0.4, -0.2) is 26.2 Å². The molecule has 2 rings (SSSR count). The largest absolute Gasteiger partial charge is 0.468 e. The second-order valence-electron chi connectivity index (χ2n) is 4.45. The van der Waals surface area contributed by atoms with Crippen LogP contribution >= 0.6 is 15.9 Å². The second kappa shape index (κ2) is 5.36. The van der Waals surface area contributed by atoms with Gasteiger partial charge in [0.15, 0.2) is 0 Å². The van der Waals surface area contributed by atoms with Crippen molar-refractivity contribution in [2.45, 2.75) is 18.3 Å². The summed E-state index contributed by atoms with van der Waals surface area (Å²) in [5.74, 6) is -0.639. The molecule has 1 heterocycles. The maximum Gasteiger partial charge on any atom is 0.316 e. The van der Waals surface area contributed by atoms with Gasteiger partial charge in [-0.05, 0) is 59.6 Å². The lowest BCUT2D eigenvalue weighted by molar-refractivity contribution is -0.148. The number of hydrogen-bond acceptors (Lipinski definition) is 3. The topological polar surface area (TPSA) is 38.3 Å². The number of piperidine rings is 1. The van der Waals surface area contributed by atoms with Crippen LogP contribution in [-0.2, 0) is 14.9 Å². The van der Waals surface area contributed by atoms with Crippen LogP contribution in [0, 0.1) is 5.82 Å². The number of nitrogens with one attached hydrogen (secondary N) is 1. The van der Waals surface area contributed by atoms with Gasteiger partial charge in [-0.15, -0.1) is 0 Å². The molecule has 0 bridgehead atoms. The molecular formula is C13H15BrFNO2. The predicted octanol–water partition coefficient (Wildman–Crippen LogP) is 2.38. The van der Waals surface area contributed by atoms with E-state index in [9.17, 15) is 9.18 Å². The van der Waals surface area contributed by atoms with E-state index in [-0.39, 0.29) is 11.8 Å². The molecule has 1 fully saturated rings. The first kappa shape index (κ1) is 13.5. The summed E-state index contributed by atoms with van der Waals surface area (Å²) in [6, 6.07) is 4.85. The number of carbonyl (C=O) groups is 1. The number of ether oxygens (including phenoxy) is 1. The lowest BCUT2D eigenvalue weighted by Gasteiger charge is -2.35. The molecule has 0 radical (unpaired) electrons. The highest BCUT2D eigenvalue weighted by Gasteiger charge is 2.42. The van der Waals surface area contributed by atoms with Crippen molar-refractivity contribution < 1.29 is 13.9 Å². The first-order valence-corrected chi connectivity index (χ1v) is 6.64. The Bertz CT molecular complexity index is 458. The van der Waals surface area contributed by atoms with E-state index < -0.39 is 5.41 Å².